The van der Waals surface area contributed by atoms with Gasteiger partial charge in [0, 0.05) is 11.5 Å². The fourth-order valence-electron chi connectivity index (χ4n) is 4.81. The van der Waals surface area contributed by atoms with E-state index in [1.807, 2.05) is 6.92 Å². The van der Waals surface area contributed by atoms with Gasteiger partial charge in [-0.25, -0.2) is 0 Å². The SMILES string of the molecule is CC1=C[C@]2(O)C(=O)[C@@H](C)C[C@H]3[C@@H](CC[C@@](C)(O)/C=C\2C1=O)C3(C)C. The number of hydrogen-bond acceptors (Lipinski definition) is 4. The summed E-state index contributed by atoms with van der Waals surface area (Å²) in [5.41, 5.74) is -2.56. The molecule has 0 aromatic rings. The highest BCUT2D eigenvalue weighted by Gasteiger charge is 2.59. The van der Waals surface area contributed by atoms with Gasteiger partial charge in [-0.3, -0.25) is 9.59 Å². The summed E-state index contributed by atoms with van der Waals surface area (Å²) in [6.45, 7) is 9.51. The van der Waals surface area contributed by atoms with Gasteiger partial charge in [0.25, 0.3) is 0 Å². The Balaban J connectivity index is 2.06. The van der Waals surface area contributed by atoms with E-state index in [2.05, 4.69) is 13.8 Å². The molecule has 0 heterocycles. The third-order valence-corrected chi connectivity index (χ3v) is 6.57. The van der Waals surface area contributed by atoms with E-state index in [-0.39, 0.29) is 28.5 Å². The molecule has 5 atom stereocenters. The Bertz CT molecular complexity index is 667. The number of Topliss-reactive ketones (excluding diaryl/α,β-unsaturated/α-hetero) is 2. The summed E-state index contributed by atoms with van der Waals surface area (Å²) in [4.78, 5) is 25.4. The standard InChI is InChI=1S/C20H28O4/c1-11-8-14-13(18(14,3)4)6-7-19(5,23)10-15-16(21)12(2)9-20(15,24)17(11)22/h9-11,13-14,23-24H,6-8H2,1-5H3/b15-10-/t11-,13+,14-,19+,20+/m0/s1. The molecule has 2 N–H and O–H groups in total. The van der Waals surface area contributed by atoms with E-state index in [0.717, 1.165) is 12.8 Å². The van der Waals surface area contributed by atoms with Crippen LogP contribution in [0.5, 0.6) is 0 Å². The Morgan fingerprint density at radius 1 is 1.08 bits per heavy atom. The Hall–Kier alpha value is -1.26. The lowest BCUT2D eigenvalue weighted by Crippen LogP contribution is -2.42. The fraction of sp³-hybridized carbons (Fsp3) is 0.700. The van der Waals surface area contributed by atoms with Crippen LogP contribution in [0.1, 0.15) is 53.9 Å². The summed E-state index contributed by atoms with van der Waals surface area (Å²) < 4.78 is 0. The Kier molecular flexibility index (Phi) is 3.75. The van der Waals surface area contributed by atoms with Gasteiger partial charge in [-0.2, -0.15) is 0 Å². The van der Waals surface area contributed by atoms with Crippen molar-refractivity contribution in [2.45, 2.75) is 65.1 Å². The number of allylic oxidation sites excluding steroid dienone is 1. The number of fused-ring (bicyclic) bond motifs is 2. The van der Waals surface area contributed by atoms with Crippen LogP contribution in [-0.2, 0) is 9.59 Å². The van der Waals surface area contributed by atoms with Crippen molar-refractivity contribution >= 4 is 11.6 Å². The molecule has 0 saturated heterocycles. The summed E-state index contributed by atoms with van der Waals surface area (Å²) in [5, 5.41) is 21.8. The van der Waals surface area contributed by atoms with Crippen molar-refractivity contribution in [3.63, 3.8) is 0 Å². The molecule has 3 aliphatic rings. The molecule has 3 rings (SSSR count). The molecule has 24 heavy (non-hydrogen) atoms. The second-order valence-electron chi connectivity index (χ2n) is 8.91. The number of carbonyl (C=O) groups is 2. The predicted octanol–water partition coefficient (Wildman–Crippen LogP) is 2.59. The van der Waals surface area contributed by atoms with Crippen molar-refractivity contribution in [1.29, 1.82) is 0 Å². The summed E-state index contributed by atoms with van der Waals surface area (Å²) in [5.74, 6) is -0.121. The molecular formula is C20H28O4. The average Bonchev–Trinajstić information content (AvgIpc) is 2.91. The Labute approximate surface area is 143 Å². The lowest BCUT2D eigenvalue weighted by molar-refractivity contribution is -0.135. The molecule has 1 fully saturated rings. The molecule has 4 nitrogen and oxygen atoms in total. The summed E-state index contributed by atoms with van der Waals surface area (Å²) >= 11 is 0. The zero-order valence-electron chi connectivity index (χ0n) is 15.2. The van der Waals surface area contributed by atoms with Crippen LogP contribution < -0.4 is 0 Å². The number of rotatable bonds is 0. The largest absolute Gasteiger partial charge is 0.386 e. The number of aliphatic hydroxyl groups is 2. The van der Waals surface area contributed by atoms with Crippen molar-refractivity contribution in [3.8, 4) is 0 Å². The second-order valence-corrected chi connectivity index (χ2v) is 8.91. The molecule has 0 aliphatic heterocycles. The quantitative estimate of drug-likeness (QED) is 0.715. The summed E-state index contributed by atoms with van der Waals surface area (Å²) in [7, 11) is 0. The third kappa shape index (κ3) is 2.51. The first-order valence-electron chi connectivity index (χ1n) is 8.87. The molecule has 0 spiro atoms. The van der Waals surface area contributed by atoms with E-state index in [1.54, 1.807) is 13.8 Å². The summed E-state index contributed by atoms with van der Waals surface area (Å²) in [6.07, 6.45) is 4.88. The van der Waals surface area contributed by atoms with Gasteiger partial charge >= 0.3 is 0 Å². The van der Waals surface area contributed by atoms with Crippen molar-refractivity contribution < 1.29 is 19.8 Å². The Morgan fingerprint density at radius 3 is 2.33 bits per heavy atom. The minimum absolute atomic E-state index is 0.0247. The van der Waals surface area contributed by atoms with Crippen LogP contribution in [0, 0.1) is 23.2 Å². The van der Waals surface area contributed by atoms with E-state index in [1.165, 1.54) is 12.2 Å². The molecule has 0 aromatic carbocycles. The Morgan fingerprint density at radius 2 is 1.71 bits per heavy atom. The highest BCUT2D eigenvalue weighted by molar-refractivity contribution is 6.19. The molecule has 0 unspecified atom stereocenters. The van der Waals surface area contributed by atoms with E-state index in [9.17, 15) is 19.8 Å². The maximum atomic E-state index is 13.0. The van der Waals surface area contributed by atoms with Crippen molar-refractivity contribution in [3.05, 3.63) is 23.3 Å². The highest BCUT2D eigenvalue weighted by atomic mass is 16.3. The van der Waals surface area contributed by atoms with E-state index >= 15 is 0 Å². The molecular weight excluding hydrogens is 304 g/mol. The van der Waals surface area contributed by atoms with Crippen molar-refractivity contribution in [1.82, 2.24) is 0 Å². The fourth-order valence-corrected chi connectivity index (χ4v) is 4.81. The van der Waals surface area contributed by atoms with Gasteiger partial charge in [-0.1, -0.05) is 20.8 Å². The van der Waals surface area contributed by atoms with Crippen LogP contribution >= 0.6 is 0 Å². The van der Waals surface area contributed by atoms with E-state index in [0.29, 0.717) is 23.8 Å². The first-order valence-corrected chi connectivity index (χ1v) is 8.87. The van der Waals surface area contributed by atoms with Gasteiger partial charge in [0.15, 0.2) is 17.2 Å². The summed E-state index contributed by atoms with van der Waals surface area (Å²) in [6, 6.07) is 0. The minimum Gasteiger partial charge on any atom is -0.386 e. The van der Waals surface area contributed by atoms with Crippen LogP contribution in [0.4, 0.5) is 0 Å². The maximum Gasteiger partial charge on any atom is 0.188 e. The lowest BCUT2D eigenvalue weighted by atomic mass is 9.81. The molecule has 4 heteroatoms. The number of ketones is 2. The predicted molar refractivity (Wildman–Crippen MR) is 91.2 cm³/mol. The minimum atomic E-state index is -1.90. The maximum absolute atomic E-state index is 13.0. The first kappa shape index (κ1) is 17.6. The zero-order chi connectivity index (χ0) is 18.1. The molecule has 0 amide bonds. The van der Waals surface area contributed by atoms with E-state index < -0.39 is 11.2 Å². The van der Waals surface area contributed by atoms with Gasteiger partial charge in [0.2, 0.25) is 0 Å². The van der Waals surface area contributed by atoms with Gasteiger partial charge < -0.3 is 10.2 Å². The normalized spacial score (nSPS) is 47.0. The number of carbonyl (C=O) groups excluding carboxylic acids is 2. The van der Waals surface area contributed by atoms with Crippen LogP contribution in [0.2, 0.25) is 0 Å². The molecule has 1 saturated carbocycles. The van der Waals surface area contributed by atoms with Crippen molar-refractivity contribution in [2.75, 3.05) is 0 Å². The van der Waals surface area contributed by atoms with Gasteiger partial charge in [-0.15, -0.1) is 0 Å². The van der Waals surface area contributed by atoms with Crippen LogP contribution in [0.25, 0.3) is 0 Å². The lowest BCUT2D eigenvalue weighted by Gasteiger charge is -2.27. The molecule has 3 aliphatic carbocycles. The highest BCUT2D eigenvalue weighted by Crippen LogP contribution is 2.63. The van der Waals surface area contributed by atoms with Gasteiger partial charge in [0.1, 0.15) is 0 Å². The van der Waals surface area contributed by atoms with Crippen LogP contribution in [0.15, 0.2) is 23.3 Å². The average molecular weight is 332 g/mol. The first-order chi connectivity index (χ1) is 10.9. The smallest absolute Gasteiger partial charge is 0.188 e. The van der Waals surface area contributed by atoms with Crippen molar-refractivity contribution in [2.24, 2.45) is 23.2 Å². The van der Waals surface area contributed by atoms with E-state index in [4.69, 9.17) is 0 Å². The second kappa shape index (κ2) is 5.12. The topological polar surface area (TPSA) is 74.6 Å². The number of hydrogen-bond donors (Lipinski definition) is 2. The molecule has 0 aromatic heterocycles. The zero-order valence-corrected chi connectivity index (χ0v) is 15.2. The monoisotopic (exact) mass is 332 g/mol. The molecule has 0 radical (unpaired) electrons. The van der Waals surface area contributed by atoms with Gasteiger partial charge in [0.05, 0.1) is 5.60 Å². The molecule has 132 valence electrons. The third-order valence-electron chi connectivity index (χ3n) is 6.57. The van der Waals surface area contributed by atoms with Gasteiger partial charge in [-0.05, 0) is 68.1 Å². The molecule has 0 bridgehead atoms. The van der Waals surface area contributed by atoms with Crippen LogP contribution in [0.3, 0.4) is 0 Å². The van der Waals surface area contributed by atoms with Crippen LogP contribution in [-0.4, -0.2) is 33.0 Å².